The number of rotatable bonds is 4. The van der Waals surface area contributed by atoms with Crippen molar-refractivity contribution in [2.45, 2.75) is 43.6 Å². The Morgan fingerprint density at radius 1 is 1.15 bits per heavy atom. The molecule has 3 heterocycles. The molecule has 0 saturated carbocycles. The highest BCUT2D eigenvalue weighted by Gasteiger charge is 2.48. The molecule has 0 bridgehead atoms. The summed E-state index contributed by atoms with van der Waals surface area (Å²) in [7, 11) is 0. The maximum absolute atomic E-state index is 12.9. The number of aromatic nitrogens is 2. The summed E-state index contributed by atoms with van der Waals surface area (Å²) >= 11 is 6.43. The summed E-state index contributed by atoms with van der Waals surface area (Å²) in [6, 6.07) is 11.1. The van der Waals surface area contributed by atoms with Crippen molar-refractivity contribution in [3.8, 4) is 0 Å². The van der Waals surface area contributed by atoms with E-state index >= 15 is 0 Å². The first-order chi connectivity index (χ1) is 19.2. The molecule has 0 radical (unpaired) electrons. The van der Waals surface area contributed by atoms with Gasteiger partial charge in [-0.25, -0.2) is 19.6 Å². The number of ether oxygens (including phenoxy) is 1. The van der Waals surface area contributed by atoms with Gasteiger partial charge in [-0.15, -0.1) is 0 Å². The molecular weight excluding hydrogens is 538 g/mol. The minimum atomic E-state index is -0.909. The van der Waals surface area contributed by atoms with Crippen LogP contribution >= 0.6 is 11.6 Å². The first-order valence-electron chi connectivity index (χ1n) is 13.0. The molecule has 1 aliphatic carbocycles. The third-order valence-electron chi connectivity index (χ3n) is 8.35. The number of nitro benzene ring substituents is 1. The predicted octanol–water partition coefficient (Wildman–Crippen LogP) is 5.61. The molecule has 6 rings (SSSR count). The molecule has 3 aliphatic rings. The van der Waals surface area contributed by atoms with Gasteiger partial charge in [0.2, 0.25) is 0 Å². The van der Waals surface area contributed by atoms with Crippen molar-refractivity contribution in [1.82, 2.24) is 14.9 Å². The van der Waals surface area contributed by atoms with Crippen LogP contribution in [0.5, 0.6) is 0 Å². The number of fused-ring (bicyclic) bond motifs is 3. The number of carbonyl (C=O) groups excluding carboxylic acids is 1. The molecule has 40 heavy (non-hydrogen) atoms. The van der Waals surface area contributed by atoms with Gasteiger partial charge in [-0.05, 0) is 61.1 Å². The van der Waals surface area contributed by atoms with Crippen LogP contribution in [0.1, 0.15) is 65.4 Å². The Morgan fingerprint density at radius 2 is 1.88 bits per heavy atom. The van der Waals surface area contributed by atoms with Crippen LogP contribution in [0.3, 0.4) is 0 Å². The molecule has 206 valence electrons. The Labute approximate surface area is 234 Å². The third kappa shape index (κ3) is 4.30. The van der Waals surface area contributed by atoms with E-state index in [2.05, 4.69) is 9.88 Å². The van der Waals surface area contributed by atoms with Crippen molar-refractivity contribution in [2.24, 2.45) is 0 Å². The number of carboxylic acid groups (broad SMARTS) is 1. The summed E-state index contributed by atoms with van der Waals surface area (Å²) in [4.78, 5) is 47.7. The molecule has 1 saturated heterocycles. The number of likely N-dealkylation sites (tertiary alicyclic amines) is 1. The van der Waals surface area contributed by atoms with Crippen molar-refractivity contribution >= 4 is 40.9 Å². The molecule has 0 unspecified atom stereocenters. The molecule has 1 spiro atoms. The second-order valence-electron chi connectivity index (χ2n) is 10.6. The van der Waals surface area contributed by atoms with Gasteiger partial charge < -0.3 is 19.6 Å². The monoisotopic (exact) mass is 563 g/mol. The van der Waals surface area contributed by atoms with Gasteiger partial charge >= 0.3 is 12.1 Å². The molecule has 2 aliphatic heterocycles. The highest BCUT2D eigenvalue weighted by Crippen LogP contribution is 2.53. The van der Waals surface area contributed by atoms with Gasteiger partial charge in [0.1, 0.15) is 18.2 Å². The lowest BCUT2D eigenvalue weighted by molar-refractivity contribution is -0.384. The zero-order valence-corrected chi connectivity index (χ0v) is 22.4. The number of piperidine rings is 1. The van der Waals surface area contributed by atoms with Crippen molar-refractivity contribution in [1.29, 1.82) is 0 Å². The van der Waals surface area contributed by atoms with Gasteiger partial charge in [-0.2, -0.15) is 0 Å². The molecule has 11 nitrogen and oxygen atoms in total. The quantitative estimate of drug-likeness (QED) is 0.244. The van der Waals surface area contributed by atoms with Crippen molar-refractivity contribution in [3.05, 3.63) is 86.3 Å². The Balaban J connectivity index is 1.31. The smallest absolute Gasteiger partial charge is 0.407 e. The van der Waals surface area contributed by atoms with Crippen molar-refractivity contribution < 1.29 is 24.4 Å². The van der Waals surface area contributed by atoms with Crippen LogP contribution in [-0.4, -0.2) is 56.6 Å². The average Bonchev–Trinajstić information content (AvgIpc) is 3.43. The van der Waals surface area contributed by atoms with E-state index in [4.69, 9.17) is 21.3 Å². The highest BCUT2D eigenvalue weighted by molar-refractivity contribution is 6.30. The Kier molecular flexibility index (Phi) is 6.33. The average molecular weight is 564 g/mol. The minimum absolute atomic E-state index is 0.00187. The number of anilines is 2. The topological polar surface area (TPSA) is 139 Å². The number of esters is 1. The Morgan fingerprint density at radius 3 is 2.55 bits per heavy atom. The summed E-state index contributed by atoms with van der Waals surface area (Å²) in [5, 5.41) is 21.1. The van der Waals surface area contributed by atoms with Crippen molar-refractivity contribution in [2.75, 3.05) is 24.5 Å². The number of carbonyl (C=O) groups is 2. The molecule has 1 N–H and O–H groups in total. The minimum Gasteiger partial charge on any atom is -0.465 e. The van der Waals surface area contributed by atoms with Crippen LogP contribution in [0.4, 0.5) is 22.0 Å². The number of benzene rings is 2. The predicted molar refractivity (Wildman–Crippen MR) is 145 cm³/mol. The summed E-state index contributed by atoms with van der Waals surface area (Å²) in [5.74, 6) is 0.167. The van der Waals surface area contributed by atoms with Crippen LogP contribution in [0.2, 0.25) is 5.02 Å². The van der Waals surface area contributed by atoms with E-state index < -0.39 is 23.1 Å². The van der Waals surface area contributed by atoms with E-state index in [9.17, 15) is 24.8 Å². The molecule has 2 aromatic carbocycles. The summed E-state index contributed by atoms with van der Waals surface area (Å²) < 4.78 is 5.85. The number of nitrogens with zero attached hydrogens (tertiary/aromatic N) is 5. The molecule has 1 fully saturated rings. The van der Waals surface area contributed by atoms with E-state index in [0.717, 1.165) is 22.6 Å². The lowest BCUT2D eigenvalue weighted by Gasteiger charge is -2.39. The largest absolute Gasteiger partial charge is 0.465 e. The fourth-order valence-electron chi connectivity index (χ4n) is 6.30. The van der Waals surface area contributed by atoms with Gasteiger partial charge in [-0.1, -0.05) is 18.5 Å². The number of hydrogen-bond donors (Lipinski definition) is 1. The maximum Gasteiger partial charge on any atom is 0.407 e. The first-order valence-corrected chi connectivity index (χ1v) is 13.4. The Bertz CT molecular complexity index is 1520. The molecule has 1 amide bonds. The van der Waals surface area contributed by atoms with Crippen LogP contribution in [0, 0.1) is 10.1 Å². The molecule has 3 aromatic rings. The Hall–Kier alpha value is -4.25. The lowest BCUT2D eigenvalue weighted by atomic mass is 9.74. The summed E-state index contributed by atoms with van der Waals surface area (Å²) in [6.07, 6.45) is 1.84. The summed E-state index contributed by atoms with van der Waals surface area (Å²) in [5.41, 5.74) is 3.47. The zero-order valence-electron chi connectivity index (χ0n) is 21.6. The van der Waals surface area contributed by atoms with Crippen LogP contribution in [0.25, 0.3) is 0 Å². The van der Waals surface area contributed by atoms with E-state index in [1.807, 2.05) is 25.1 Å². The molecular formula is C28H26ClN5O6. The van der Waals surface area contributed by atoms with E-state index in [1.54, 1.807) is 0 Å². The fourth-order valence-corrected chi connectivity index (χ4v) is 6.47. The number of hydrogen-bond acceptors (Lipinski definition) is 8. The molecule has 12 heteroatoms. The molecule has 1 aromatic heterocycles. The van der Waals surface area contributed by atoms with Gasteiger partial charge in [0.15, 0.2) is 0 Å². The number of nitro groups is 1. The number of halogens is 1. The van der Waals surface area contributed by atoms with Crippen molar-refractivity contribution in [3.63, 3.8) is 0 Å². The summed E-state index contributed by atoms with van der Waals surface area (Å²) in [6.45, 7) is 3.55. The van der Waals surface area contributed by atoms with E-state index in [0.29, 0.717) is 49.6 Å². The normalized spacial score (nSPS) is 20.8. The van der Waals surface area contributed by atoms with Gasteiger partial charge in [0, 0.05) is 53.5 Å². The zero-order chi connectivity index (χ0) is 28.2. The van der Waals surface area contributed by atoms with E-state index in [-0.39, 0.29) is 22.6 Å². The number of non-ortho nitro benzene ring substituents is 1. The van der Waals surface area contributed by atoms with Gasteiger partial charge in [0.05, 0.1) is 16.2 Å². The molecule has 2 atom stereocenters. The number of amides is 1. The SMILES string of the molecule is C[C@@H]1C[C@@H](OC(=O)c2ccc([N+](=O)[O-])cc2)c2ncnc(N3CC4(CCN(C(=O)O)CC4)c4cc(Cl)ccc43)c21. The maximum atomic E-state index is 12.9. The highest BCUT2D eigenvalue weighted by atomic mass is 35.5. The van der Waals surface area contributed by atoms with Crippen LogP contribution in [0.15, 0.2) is 48.8 Å². The van der Waals surface area contributed by atoms with Crippen LogP contribution in [-0.2, 0) is 10.2 Å². The van der Waals surface area contributed by atoms with Gasteiger partial charge in [-0.3, -0.25) is 10.1 Å². The van der Waals surface area contributed by atoms with Gasteiger partial charge in [0.25, 0.3) is 5.69 Å². The lowest BCUT2D eigenvalue weighted by Crippen LogP contribution is -2.46. The second-order valence-corrected chi connectivity index (χ2v) is 11.1. The standard InChI is InChI=1S/C28H26ClN5O6/c1-16-12-22(40-26(35)17-2-5-19(6-3-17)34(38)39)24-23(16)25(31-15-30-24)33-14-28(8-10-32(11-9-28)27(36)37)20-13-18(29)4-7-21(20)33/h2-7,13,15-16,22H,8-12,14H2,1H3,(H,36,37)/t16-,22-/m1/s1. The first kappa shape index (κ1) is 26.0. The van der Waals surface area contributed by atoms with Crippen LogP contribution < -0.4 is 4.90 Å². The van der Waals surface area contributed by atoms with E-state index in [1.165, 1.54) is 35.5 Å². The fraction of sp³-hybridized carbons (Fsp3) is 0.357. The second kappa shape index (κ2) is 9.74. The third-order valence-corrected chi connectivity index (χ3v) is 8.59.